The molecule has 0 N–H and O–H groups in total. The first-order valence-electron chi connectivity index (χ1n) is 9.08. The second-order valence-electron chi connectivity index (χ2n) is 7.28. The molecule has 1 aromatic carbocycles. The maximum Gasteiger partial charge on any atom is 0.233 e. The van der Waals surface area contributed by atoms with Crippen LogP contribution in [-0.2, 0) is 20.8 Å². The monoisotopic (exact) mass is 416 g/mol. The van der Waals surface area contributed by atoms with Crippen molar-refractivity contribution in [3.8, 4) is 0 Å². The summed E-state index contributed by atoms with van der Waals surface area (Å²) in [5.41, 5.74) is 1.13. The molecule has 5 nitrogen and oxygen atoms in total. The molecule has 0 aromatic heterocycles. The van der Waals surface area contributed by atoms with Crippen LogP contribution in [0.3, 0.4) is 0 Å². The Bertz CT molecular complexity index is 742. The Kier molecular flexibility index (Phi) is 4.69. The topological polar surface area (TPSA) is 57.7 Å². The van der Waals surface area contributed by atoms with Crippen molar-refractivity contribution in [3.63, 3.8) is 0 Å². The molecule has 136 valence electrons. The SMILES string of the molecule is O=C(CCc1ccc(Br)cc1)N1CC(N2C(=O)C3CC=CCC3C2=O)C1. The fourth-order valence-electron chi connectivity index (χ4n) is 4.07. The quantitative estimate of drug-likeness (QED) is 0.559. The van der Waals surface area contributed by atoms with Gasteiger partial charge in [0.05, 0.1) is 17.9 Å². The minimum atomic E-state index is -0.186. The maximum absolute atomic E-state index is 12.6. The lowest BCUT2D eigenvalue weighted by Gasteiger charge is -2.43. The Morgan fingerprint density at radius 1 is 1.00 bits per heavy atom. The van der Waals surface area contributed by atoms with Crippen molar-refractivity contribution in [1.82, 2.24) is 9.80 Å². The van der Waals surface area contributed by atoms with Gasteiger partial charge >= 0.3 is 0 Å². The lowest BCUT2D eigenvalue weighted by molar-refractivity contribution is -0.152. The Labute approximate surface area is 161 Å². The van der Waals surface area contributed by atoms with Gasteiger partial charge in [0, 0.05) is 24.0 Å². The molecule has 0 bridgehead atoms. The number of allylic oxidation sites excluding steroid dienone is 2. The second-order valence-corrected chi connectivity index (χ2v) is 8.20. The van der Waals surface area contributed by atoms with Crippen molar-refractivity contribution in [2.24, 2.45) is 11.8 Å². The van der Waals surface area contributed by atoms with Gasteiger partial charge in [0.15, 0.2) is 0 Å². The average molecular weight is 417 g/mol. The highest BCUT2D eigenvalue weighted by Gasteiger charge is 2.52. The molecule has 1 aliphatic carbocycles. The van der Waals surface area contributed by atoms with E-state index in [0.717, 1.165) is 10.0 Å². The van der Waals surface area contributed by atoms with Crippen LogP contribution in [0.15, 0.2) is 40.9 Å². The molecule has 0 spiro atoms. The number of halogens is 1. The molecule has 0 radical (unpaired) electrons. The van der Waals surface area contributed by atoms with Crippen LogP contribution >= 0.6 is 15.9 Å². The largest absolute Gasteiger partial charge is 0.338 e. The van der Waals surface area contributed by atoms with Crippen molar-refractivity contribution in [1.29, 1.82) is 0 Å². The van der Waals surface area contributed by atoms with Crippen molar-refractivity contribution in [2.45, 2.75) is 31.7 Å². The summed E-state index contributed by atoms with van der Waals surface area (Å²) in [6.07, 6.45) is 6.46. The molecule has 2 heterocycles. The van der Waals surface area contributed by atoms with Crippen molar-refractivity contribution >= 4 is 33.7 Å². The van der Waals surface area contributed by atoms with E-state index in [4.69, 9.17) is 0 Å². The van der Waals surface area contributed by atoms with Gasteiger partial charge in [0.25, 0.3) is 0 Å². The summed E-state index contributed by atoms with van der Waals surface area (Å²) >= 11 is 3.40. The number of likely N-dealkylation sites (tertiary alicyclic amines) is 2. The lowest BCUT2D eigenvalue weighted by atomic mass is 9.85. The molecule has 3 amide bonds. The van der Waals surface area contributed by atoms with Crippen LogP contribution < -0.4 is 0 Å². The molecule has 2 fully saturated rings. The van der Waals surface area contributed by atoms with Crippen LogP contribution in [0.2, 0.25) is 0 Å². The summed E-state index contributed by atoms with van der Waals surface area (Å²) < 4.78 is 1.02. The van der Waals surface area contributed by atoms with E-state index in [1.807, 2.05) is 36.4 Å². The summed E-state index contributed by atoms with van der Waals surface area (Å²) in [6, 6.07) is 7.81. The number of benzene rings is 1. The highest BCUT2D eigenvalue weighted by molar-refractivity contribution is 9.10. The molecule has 2 saturated heterocycles. The summed E-state index contributed by atoms with van der Waals surface area (Å²) in [5, 5.41) is 0. The normalized spacial score (nSPS) is 25.4. The fraction of sp³-hybridized carbons (Fsp3) is 0.450. The van der Waals surface area contributed by atoms with Crippen LogP contribution in [0, 0.1) is 11.8 Å². The lowest BCUT2D eigenvalue weighted by Crippen LogP contribution is -2.62. The molecule has 1 aromatic rings. The maximum atomic E-state index is 12.6. The molecular weight excluding hydrogens is 396 g/mol. The molecule has 2 unspecified atom stereocenters. The van der Waals surface area contributed by atoms with Gasteiger partial charge in [-0.15, -0.1) is 0 Å². The molecule has 2 aliphatic heterocycles. The summed E-state index contributed by atoms with van der Waals surface area (Å²) in [6.45, 7) is 0.951. The van der Waals surface area contributed by atoms with E-state index in [-0.39, 0.29) is 35.6 Å². The zero-order chi connectivity index (χ0) is 18.3. The van der Waals surface area contributed by atoms with Gasteiger partial charge in [-0.25, -0.2) is 0 Å². The van der Waals surface area contributed by atoms with Crippen LogP contribution in [0.1, 0.15) is 24.8 Å². The molecule has 4 rings (SSSR count). The number of imide groups is 1. The first kappa shape index (κ1) is 17.5. The Balaban J connectivity index is 1.29. The standard InChI is InChI=1S/C20H21BrN2O3/c21-14-8-5-13(6-9-14)7-10-18(24)22-11-15(12-22)23-19(25)16-3-1-2-4-17(16)20(23)26/h1-2,5-6,8-9,15-17H,3-4,7,10-12H2. The van der Waals surface area contributed by atoms with Crippen LogP contribution in [0.25, 0.3) is 0 Å². The fourth-order valence-corrected chi connectivity index (χ4v) is 4.33. The predicted molar refractivity (Wildman–Crippen MR) is 100 cm³/mol. The van der Waals surface area contributed by atoms with Crippen LogP contribution in [0.4, 0.5) is 0 Å². The van der Waals surface area contributed by atoms with E-state index in [1.54, 1.807) is 4.90 Å². The van der Waals surface area contributed by atoms with Crippen LogP contribution in [0.5, 0.6) is 0 Å². The zero-order valence-corrected chi connectivity index (χ0v) is 16.0. The van der Waals surface area contributed by atoms with Gasteiger partial charge in [-0.1, -0.05) is 40.2 Å². The predicted octanol–water partition coefficient (Wildman–Crippen LogP) is 2.54. The molecule has 2 atom stereocenters. The summed E-state index contributed by atoms with van der Waals surface area (Å²) in [4.78, 5) is 40.7. The first-order chi connectivity index (χ1) is 12.5. The molecular formula is C20H21BrN2O3. The Hall–Kier alpha value is -1.95. The second kappa shape index (κ2) is 6.99. The van der Waals surface area contributed by atoms with Gasteiger partial charge in [-0.2, -0.15) is 0 Å². The number of hydrogen-bond donors (Lipinski definition) is 0. The van der Waals surface area contributed by atoms with E-state index in [0.29, 0.717) is 38.8 Å². The minimum Gasteiger partial charge on any atom is -0.338 e. The van der Waals surface area contributed by atoms with Crippen molar-refractivity contribution < 1.29 is 14.4 Å². The molecule has 3 aliphatic rings. The van der Waals surface area contributed by atoms with E-state index in [9.17, 15) is 14.4 Å². The zero-order valence-electron chi connectivity index (χ0n) is 14.4. The third-order valence-electron chi connectivity index (χ3n) is 5.66. The van der Waals surface area contributed by atoms with Crippen molar-refractivity contribution in [3.05, 3.63) is 46.5 Å². The van der Waals surface area contributed by atoms with Gasteiger partial charge < -0.3 is 4.90 Å². The first-order valence-corrected chi connectivity index (χ1v) is 9.88. The van der Waals surface area contributed by atoms with Crippen LogP contribution in [-0.4, -0.2) is 46.7 Å². The highest BCUT2D eigenvalue weighted by Crippen LogP contribution is 2.37. The molecule has 0 saturated carbocycles. The minimum absolute atomic E-state index is 0.0451. The van der Waals surface area contributed by atoms with Gasteiger partial charge in [-0.3, -0.25) is 19.3 Å². The van der Waals surface area contributed by atoms with E-state index in [1.165, 1.54) is 4.90 Å². The number of nitrogens with zero attached hydrogens (tertiary/aromatic N) is 2. The molecule has 26 heavy (non-hydrogen) atoms. The Morgan fingerprint density at radius 2 is 1.58 bits per heavy atom. The third-order valence-corrected chi connectivity index (χ3v) is 6.19. The average Bonchev–Trinajstić information content (AvgIpc) is 2.86. The number of hydrogen-bond acceptors (Lipinski definition) is 3. The van der Waals surface area contributed by atoms with E-state index < -0.39 is 0 Å². The highest BCUT2D eigenvalue weighted by atomic mass is 79.9. The third kappa shape index (κ3) is 3.11. The number of rotatable bonds is 4. The Morgan fingerprint density at radius 3 is 2.15 bits per heavy atom. The van der Waals surface area contributed by atoms with Gasteiger partial charge in [0.1, 0.15) is 0 Å². The number of fused-ring (bicyclic) bond motifs is 1. The smallest absolute Gasteiger partial charge is 0.233 e. The van der Waals surface area contributed by atoms with Crippen molar-refractivity contribution in [2.75, 3.05) is 13.1 Å². The summed E-state index contributed by atoms with van der Waals surface area (Å²) in [5.74, 6) is -0.376. The number of carbonyl (C=O) groups is 3. The number of amides is 3. The van der Waals surface area contributed by atoms with Gasteiger partial charge in [0.2, 0.25) is 17.7 Å². The molecule has 6 heteroatoms. The van der Waals surface area contributed by atoms with E-state index in [2.05, 4.69) is 15.9 Å². The van der Waals surface area contributed by atoms with Gasteiger partial charge in [-0.05, 0) is 37.0 Å². The summed E-state index contributed by atoms with van der Waals surface area (Å²) in [7, 11) is 0. The number of aryl methyl sites for hydroxylation is 1. The van der Waals surface area contributed by atoms with E-state index >= 15 is 0 Å². The number of carbonyl (C=O) groups excluding carboxylic acids is 3.